The van der Waals surface area contributed by atoms with Crippen LogP contribution in [-0.4, -0.2) is 31.1 Å². The van der Waals surface area contributed by atoms with Gasteiger partial charge in [-0.25, -0.2) is 0 Å². The Morgan fingerprint density at radius 3 is 2.10 bits per heavy atom. The summed E-state index contributed by atoms with van der Waals surface area (Å²) in [4.78, 5) is 2.23. The molecule has 1 rings (SSSR count). The number of nitrogens with two attached hydrogens (primary N) is 1. The minimum atomic E-state index is -2.80. The van der Waals surface area contributed by atoms with Crippen molar-refractivity contribution in [2.45, 2.75) is 46.4 Å². The maximum atomic E-state index is 12.2. The normalized spacial score (nSPS) is 15.3. The number of nitrogens with zero attached hydrogens (tertiary/aromatic N) is 1. The summed E-state index contributed by atoms with van der Waals surface area (Å²) < 4.78 is 28.7. The molecule has 21 heavy (non-hydrogen) atoms. The highest BCUT2D eigenvalue weighted by atomic mass is 19.3. The zero-order chi connectivity index (χ0) is 16.2. The molecule has 0 aliphatic rings. The second kappa shape index (κ2) is 7.18. The van der Waals surface area contributed by atoms with Gasteiger partial charge in [0.05, 0.1) is 0 Å². The molecule has 2 unspecified atom stereocenters. The van der Waals surface area contributed by atoms with Crippen LogP contribution in [-0.2, 0) is 0 Å². The van der Waals surface area contributed by atoms with E-state index in [0.29, 0.717) is 12.6 Å². The van der Waals surface area contributed by atoms with E-state index < -0.39 is 6.61 Å². The van der Waals surface area contributed by atoms with E-state index in [1.165, 1.54) is 0 Å². The van der Waals surface area contributed by atoms with Crippen molar-refractivity contribution >= 4 is 0 Å². The average molecular weight is 300 g/mol. The molecular formula is C16H26F2N2O. The molecule has 0 amide bonds. The van der Waals surface area contributed by atoms with E-state index in [2.05, 4.69) is 37.3 Å². The summed E-state index contributed by atoms with van der Waals surface area (Å²) in [5.41, 5.74) is 7.04. The molecule has 0 saturated carbocycles. The van der Waals surface area contributed by atoms with E-state index in [1.54, 1.807) is 24.3 Å². The van der Waals surface area contributed by atoms with Crippen LogP contribution >= 0.6 is 0 Å². The third kappa shape index (κ3) is 4.93. The van der Waals surface area contributed by atoms with Gasteiger partial charge in [-0.3, -0.25) is 4.90 Å². The van der Waals surface area contributed by atoms with E-state index in [4.69, 9.17) is 5.73 Å². The van der Waals surface area contributed by atoms with Crippen LogP contribution in [0.2, 0.25) is 0 Å². The van der Waals surface area contributed by atoms with Crippen molar-refractivity contribution in [2.24, 2.45) is 11.1 Å². The molecule has 1 aromatic rings. The fraction of sp³-hybridized carbons (Fsp3) is 0.625. The van der Waals surface area contributed by atoms with Gasteiger partial charge in [-0.15, -0.1) is 0 Å². The van der Waals surface area contributed by atoms with Gasteiger partial charge in [0.15, 0.2) is 0 Å². The van der Waals surface area contributed by atoms with Gasteiger partial charge in [-0.05, 0) is 37.1 Å². The maximum Gasteiger partial charge on any atom is 0.387 e. The fourth-order valence-corrected chi connectivity index (χ4v) is 2.29. The molecule has 0 saturated heterocycles. The number of hydrogen-bond donors (Lipinski definition) is 1. The Kier molecular flexibility index (Phi) is 6.10. The van der Waals surface area contributed by atoms with E-state index in [9.17, 15) is 8.78 Å². The number of hydrogen-bond acceptors (Lipinski definition) is 3. The first kappa shape index (κ1) is 17.9. The van der Waals surface area contributed by atoms with Crippen molar-refractivity contribution in [3.8, 4) is 5.75 Å². The predicted molar refractivity (Wildman–Crippen MR) is 81.5 cm³/mol. The third-order valence-corrected chi connectivity index (χ3v) is 4.07. The van der Waals surface area contributed by atoms with Gasteiger partial charge >= 0.3 is 6.61 Å². The number of rotatable bonds is 6. The molecular weight excluding hydrogens is 274 g/mol. The smallest absolute Gasteiger partial charge is 0.387 e. The number of halogens is 2. The third-order valence-electron chi connectivity index (χ3n) is 4.07. The summed E-state index contributed by atoms with van der Waals surface area (Å²) in [5.74, 6) is 0.163. The molecule has 0 radical (unpaired) electrons. The summed E-state index contributed by atoms with van der Waals surface area (Å²) in [7, 11) is 2.04. The SMILES string of the molecule is CC(N(C)C(CN)c1ccc(OC(F)F)cc1)C(C)(C)C. The first-order valence-corrected chi connectivity index (χ1v) is 7.13. The monoisotopic (exact) mass is 300 g/mol. The molecule has 0 aromatic heterocycles. The highest BCUT2D eigenvalue weighted by molar-refractivity contribution is 5.29. The van der Waals surface area contributed by atoms with Crippen molar-refractivity contribution in [1.29, 1.82) is 0 Å². The van der Waals surface area contributed by atoms with Gasteiger partial charge in [0, 0.05) is 18.6 Å². The molecule has 2 N–H and O–H groups in total. The van der Waals surface area contributed by atoms with Crippen molar-refractivity contribution < 1.29 is 13.5 Å². The van der Waals surface area contributed by atoms with Crippen LogP contribution in [0.3, 0.4) is 0 Å². The van der Waals surface area contributed by atoms with Crippen LogP contribution in [0.5, 0.6) is 5.75 Å². The molecule has 0 bridgehead atoms. The number of alkyl halides is 2. The summed E-state index contributed by atoms with van der Waals surface area (Å²) in [6.07, 6.45) is 0. The van der Waals surface area contributed by atoms with Crippen LogP contribution in [0.1, 0.15) is 39.3 Å². The molecule has 0 aliphatic carbocycles. The summed E-state index contributed by atoms with van der Waals surface area (Å²) in [5, 5.41) is 0. The lowest BCUT2D eigenvalue weighted by atomic mass is 9.86. The number of benzene rings is 1. The summed E-state index contributed by atoms with van der Waals surface area (Å²) in [6.45, 7) is 6.37. The summed E-state index contributed by atoms with van der Waals surface area (Å²) >= 11 is 0. The molecule has 5 heteroatoms. The molecule has 3 nitrogen and oxygen atoms in total. The number of likely N-dealkylation sites (N-methyl/N-ethyl adjacent to an activating group) is 1. The zero-order valence-electron chi connectivity index (χ0n) is 13.4. The molecule has 120 valence electrons. The molecule has 1 aromatic carbocycles. The Hall–Kier alpha value is -1.20. The fourth-order valence-electron chi connectivity index (χ4n) is 2.29. The summed E-state index contributed by atoms with van der Waals surface area (Å²) in [6, 6.07) is 7.06. The van der Waals surface area contributed by atoms with Crippen LogP contribution in [0, 0.1) is 5.41 Å². The van der Waals surface area contributed by atoms with Crippen LogP contribution < -0.4 is 10.5 Å². The molecule has 2 atom stereocenters. The van der Waals surface area contributed by atoms with Crippen molar-refractivity contribution in [1.82, 2.24) is 4.90 Å². The highest BCUT2D eigenvalue weighted by Crippen LogP contribution is 2.30. The topological polar surface area (TPSA) is 38.5 Å². The average Bonchev–Trinajstić information content (AvgIpc) is 2.38. The second-order valence-electron chi connectivity index (χ2n) is 6.41. The maximum absolute atomic E-state index is 12.2. The lowest BCUT2D eigenvalue weighted by Crippen LogP contribution is -2.43. The van der Waals surface area contributed by atoms with Crippen molar-refractivity contribution in [3.63, 3.8) is 0 Å². The second-order valence-corrected chi connectivity index (χ2v) is 6.41. The van der Waals surface area contributed by atoms with Crippen LogP contribution in [0.25, 0.3) is 0 Å². The van der Waals surface area contributed by atoms with Gasteiger partial charge in [0.1, 0.15) is 5.75 Å². The Morgan fingerprint density at radius 1 is 1.19 bits per heavy atom. The van der Waals surface area contributed by atoms with Crippen molar-refractivity contribution in [3.05, 3.63) is 29.8 Å². The highest BCUT2D eigenvalue weighted by Gasteiger charge is 2.28. The van der Waals surface area contributed by atoms with E-state index in [-0.39, 0.29) is 17.2 Å². The van der Waals surface area contributed by atoms with Gasteiger partial charge in [0.2, 0.25) is 0 Å². The Balaban J connectivity index is 2.89. The minimum absolute atomic E-state index is 0.0415. The van der Waals surface area contributed by atoms with E-state index >= 15 is 0 Å². The Morgan fingerprint density at radius 2 is 1.71 bits per heavy atom. The van der Waals surface area contributed by atoms with E-state index in [0.717, 1.165) is 5.56 Å². The minimum Gasteiger partial charge on any atom is -0.435 e. The molecule has 0 spiro atoms. The first-order valence-electron chi connectivity index (χ1n) is 7.13. The Bertz CT molecular complexity index is 429. The van der Waals surface area contributed by atoms with E-state index in [1.807, 2.05) is 7.05 Å². The quantitative estimate of drug-likeness (QED) is 0.871. The molecule has 0 heterocycles. The molecule has 0 fully saturated rings. The predicted octanol–water partition coefficient (Wildman–Crippen LogP) is 3.65. The van der Waals surface area contributed by atoms with Gasteiger partial charge in [-0.1, -0.05) is 32.9 Å². The van der Waals surface area contributed by atoms with Gasteiger partial charge < -0.3 is 10.5 Å². The first-order chi connectivity index (χ1) is 9.66. The van der Waals surface area contributed by atoms with Crippen molar-refractivity contribution in [2.75, 3.05) is 13.6 Å². The van der Waals surface area contributed by atoms with Gasteiger partial charge in [-0.2, -0.15) is 8.78 Å². The van der Waals surface area contributed by atoms with Gasteiger partial charge in [0.25, 0.3) is 0 Å². The Labute approximate surface area is 126 Å². The largest absolute Gasteiger partial charge is 0.435 e. The number of ether oxygens (including phenoxy) is 1. The molecule has 0 aliphatic heterocycles. The van der Waals surface area contributed by atoms with Crippen LogP contribution in [0.15, 0.2) is 24.3 Å². The lowest BCUT2D eigenvalue weighted by Gasteiger charge is -2.40. The zero-order valence-corrected chi connectivity index (χ0v) is 13.4. The standard InChI is InChI=1S/C16H26F2N2O/c1-11(16(2,3)4)20(5)14(10-19)12-6-8-13(9-7-12)21-15(17)18/h6-9,11,14-15H,10,19H2,1-5H3. The van der Waals surface area contributed by atoms with Crippen LogP contribution in [0.4, 0.5) is 8.78 Å². The lowest BCUT2D eigenvalue weighted by molar-refractivity contribution is -0.0498.